The fourth-order valence-corrected chi connectivity index (χ4v) is 6.65. The molecule has 0 saturated heterocycles. The average Bonchev–Trinajstić information content (AvgIpc) is 2.83. The molecular formula is C27H32N2O2S2. The van der Waals surface area contributed by atoms with Crippen molar-refractivity contribution in [1.29, 1.82) is 0 Å². The number of carbonyl (C=O) groups is 2. The van der Waals surface area contributed by atoms with Gasteiger partial charge in [0, 0.05) is 16.7 Å². The van der Waals surface area contributed by atoms with Crippen LogP contribution in [-0.4, -0.2) is 35.9 Å². The summed E-state index contributed by atoms with van der Waals surface area (Å²) in [5.74, 6) is 0.851. The molecule has 0 bridgehead atoms. The second-order valence-corrected chi connectivity index (χ2v) is 11.2. The van der Waals surface area contributed by atoms with Gasteiger partial charge in [0.1, 0.15) is 6.54 Å². The zero-order valence-corrected chi connectivity index (χ0v) is 20.9. The maximum Gasteiger partial charge on any atom is 0.265 e. The van der Waals surface area contributed by atoms with Crippen molar-refractivity contribution in [3.8, 4) is 0 Å². The third-order valence-corrected chi connectivity index (χ3v) is 8.70. The number of hydrogen-bond donors (Lipinski definition) is 1. The molecule has 1 aliphatic heterocycles. The van der Waals surface area contributed by atoms with E-state index in [0.717, 1.165) is 39.1 Å². The molecule has 0 spiro atoms. The number of thioether (sulfide) groups is 2. The second-order valence-electron chi connectivity index (χ2n) is 8.66. The summed E-state index contributed by atoms with van der Waals surface area (Å²) in [4.78, 5) is 29.3. The van der Waals surface area contributed by atoms with E-state index in [-0.39, 0.29) is 18.4 Å². The van der Waals surface area contributed by atoms with Crippen molar-refractivity contribution in [2.75, 3.05) is 23.7 Å². The van der Waals surface area contributed by atoms with Crippen LogP contribution in [0.1, 0.15) is 49.7 Å². The van der Waals surface area contributed by atoms with Crippen molar-refractivity contribution in [2.24, 2.45) is 0 Å². The minimum absolute atomic E-state index is 0.0390. The van der Waals surface area contributed by atoms with E-state index < -0.39 is 0 Å². The highest BCUT2D eigenvalue weighted by Crippen LogP contribution is 2.42. The van der Waals surface area contributed by atoms with Crippen molar-refractivity contribution in [1.82, 2.24) is 5.32 Å². The highest BCUT2D eigenvalue weighted by atomic mass is 32.2. The third kappa shape index (κ3) is 6.45. The van der Waals surface area contributed by atoms with Gasteiger partial charge in [0.05, 0.1) is 10.6 Å². The molecule has 6 heteroatoms. The molecule has 2 amide bonds. The SMILES string of the molecule is Cc1ccccc1/C=C1\Sc2ccccc2N(CC(=O)NCCCSC2CCCCC2)C1=O. The molecule has 33 heavy (non-hydrogen) atoms. The van der Waals surface area contributed by atoms with Gasteiger partial charge < -0.3 is 5.32 Å². The van der Waals surface area contributed by atoms with Crippen LogP contribution in [0.2, 0.25) is 0 Å². The number of aryl methyl sites for hydroxylation is 1. The highest BCUT2D eigenvalue weighted by Gasteiger charge is 2.30. The molecular weight excluding hydrogens is 448 g/mol. The van der Waals surface area contributed by atoms with Crippen molar-refractivity contribution >= 4 is 47.1 Å². The Labute approximate surface area is 205 Å². The second kappa shape index (κ2) is 11.8. The van der Waals surface area contributed by atoms with Gasteiger partial charge in [0.2, 0.25) is 5.91 Å². The molecule has 1 N–H and O–H groups in total. The van der Waals surface area contributed by atoms with Crippen LogP contribution in [0, 0.1) is 6.92 Å². The van der Waals surface area contributed by atoms with E-state index in [1.54, 1.807) is 4.90 Å². The van der Waals surface area contributed by atoms with Crippen LogP contribution in [-0.2, 0) is 9.59 Å². The topological polar surface area (TPSA) is 49.4 Å². The number of nitrogens with one attached hydrogen (secondary N) is 1. The molecule has 0 atom stereocenters. The summed E-state index contributed by atoms with van der Waals surface area (Å²) < 4.78 is 0. The summed E-state index contributed by atoms with van der Waals surface area (Å²) in [6.45, 7) is 2.73. The van der Waals surface area contributed by atoms with E-state index in [0.29, 0.717) is 11.4 Å². The minimum atomic E-state index is -0.120. The monoisotopic (exact) mass is 480 g/mol. The molecule has 1 heterocycles. The largest absolute Gasteiger partial charge is 0.355 e. The minimum Gasteiger partial charge on any atom is -0.355 e. The molecule has 0 radical (unpaired) electrons. The Kier molecular flexibility index (Phi) is 8.57. The van der Waals surface area contributed by atoms with Crippen LogP contribution >= 0.6 is 23.5 Å². The Morgan fingerprint density at radius 3 is 2.70 bits per heavy atom. The molecule has 2 aromatic carbocycles. The van der Waals surface area contributed by atoms with Crippen molar-refractivity contribution < 1.29 is 9.59 Å². The quantitative estimate of drug-likeness (QED) is 0.369. The Hall–Kier alpha value is -2.18. The first-order valence-corrected chi connectivity index (χ1v) is 13.7. The summed E-state index contributed by atoms with van der Waals surface area (Å²) in [6, 6.07) is 15.8. The average molecular weight is 481 g/mol. The van der Waals surface area contributed by atoms with E-state index in [1.807, 2.05) is 61.5 Å². The fourth-order valence-electron chi connectivity index (χ4n) is 4.29. The Balaban J connectivity index is 1.36. The maximum atomic E-state index is 13.3. The number of benzene rings is 2. The van der Waals surface area contributed by atoms with Gasteiger partial charge in [-0.15, -0.1) is 0 Å². The van der Waals surface area contributed by atoms with Crippen molar-refractivity contribution in [3.63, 3.8) is 0 Å². The lowest BCUT2D eigenvalue weighted by molar-refractivity contribution is -0.122. The summed E-state index contributed by atoms with van der Waals surface area (Å²) in [7, 11) is 0. The van der Waals surface area contributed by atoms with E-state index in [1.165, 1.54) is 43.9 Å². The summed E-state index contributed by atoms with van der Waals surface area (Å²) in [5, 5.41) is 3.82. The maximum absolute atomic E-state index is 13.3. The zero-order chi connectivity index (χ0) is 23.0. The first-order valence-electron chi connectivity index (χ1n) is 11.9. The van der Waals surface area contributed by atoms with E-state index in [4.69, 9.17) is 0 Å². The van der Waals surface area contributed by atoms with Gasteiger partial charge in [-0.05, 0) is 61.3 Å². The lowest BCUT2D eigenvalue weighted by Gasteiger charge is -2.30. The van der Waals surface area contributed by atoms with E-state index in [2.05, 4.69) is 17.1 Å². The summed E-state index contributed by atoms with van der Waals surface area (Å²) >= 11 is 3.52. The molecule has 4 rings (SSSR count). The predicted octanol–water partition coefficient (Wildman–Crippen LogP) is 6.05. The van der Waals surface area contributed by atoms with Gasteiger partial charge >= 0.3 is 0 Å². The molecule has 174 valence electrons. The lowest BCUT2D eigenvalue weighted by atomic mass is 10.0. The summed E-state index contributed by atoms with van der Waals surface area (Å²) in [5.41, 5.74) is 2.94. The van der Waals surface area contributed by atoms with E-state index in [9.17, 15) is 9.59 Å². The molecule has 1 fully saturated rings. The number of carbonyl (C=O) groups excluding carboxylic acids is 2. The van der Waals surface area contributed by atoms with Gasteiger partial charge in [-0.1, -0.05) is 67.4 Å². The number of para-hydroxylation sites is 1. The van der Waals surface area contributed by atoms with Gasteiger partial charge in [-0.3, -0.25) is 14.5 Å². The molecule has 1 aliphatic carbocycles. The van der Waals surface area contributed by atoms with Crippen LogP contribution in [0.5, 0.6) is 0 Å². The number of rotatable bonds is 8. The molecule has 2 aliphatic rings. The lowest BCUT2D eigenvalue weighted by Crippen LogP contribution is -2.43. The zero-order valence-electron chi connectivity index (χ0n) is 19.2. The van der Waals surface area contributed by atoms with Crippen LogP contribution in [0.4, 0.5) is 5.69 Å². The highest BCUT2D eigenvalue weighted by molar-refractivity contribution is 8.04. The Morgan fingerprint density at radius 2 is 1.88 bits per heavy atom. The third-order valence-electron chi connectivity index (χ3n) is 6.16. The summed E-state index contributed by atoms with van der Waals surface area (Å²) in [6.07, 6.45) is 9.67. The smallest absolute Gasteiger partial charge is 0.265 e. The fraction of sp³-hybridized carbons (Fsp3) is 0.407. The number of nitrogens with zero attached hydrogens (tertiary/aromatic N) is 1. The molecule has 2 aromatic rings. The molecule has 1 saturated carbocycles. The number of hydrogen-bond acceptors (Lipinski definition) is 4. The first-order chi connectivity index (χ1) is 16.1. The van der Waals surface area contributed by atoms with Crippen LogP contribution in [0.3, 0.4) is 0 Å². The molecule has 0 unspecified atom stereocenters. The number of amides is 2. The first kappa shape index (κ1) is 24.0. The Bertz CT molecular complexity index is 1010. The number of anilines is 1. The molecule has 4 nitrogen and oxygen atoms in total. The normalized spacial score (nSPS) is 17.8. The predicted molar refractivity (Wildman–Crippen MR) is 141 cm³/mol. The van der Waals surface area contributed by atoms with Crippen molar-refractivity contribution in [2.45, 2.75) is 55.6 Å². The Morgan fingerprint density at radius 1 is 1.12 bits per heavy atom. The van der Waals surface area contributed by atoms with Crippen LogP contribution < -0.4 is 10.2 Å². The van der Waals surface area contributed by atoms with Crippen LogP contribution in [0.25, 0.3) is 6.08 Å². The number of fused-ring (bicyclic) bond motifs is 1. The van der Waals surface area contributed by atoms with Crippen LogP contribution in [0.15, 0.2) is 58.3 Å². The van der Waals surface area contributed by atoms with Gasteiger partial charge in [0.15, 0.2) is 0 Å². The standard InChI is InChI=1S/C27H32N2O2S2/c1-20-10-5-6-11-21(20)18-25-27(31)29(23-14-7-8-15-24(23)33-25)19-26(30)28-16-9-17-32-22-12-3-2-4-13-22/h5-8,10-11,14-15,18,22H,2-4,9,12-13,16-17,19H2,1H3,(H,28,30)/b25-18-. The van der Waals surface area contributed by atoms with E-state index >= 15 is 0 Å². The van der Waals surface area contributed by atoms with Gasteiger partial charge in [0.25, 0.3) is 5.91 Å². The van der Waals surface area contributed by atoms with Gasteiger partial charge in [-0.2, -0.15) is 11.8 Å². The van der Waals surface area contributed by atoms with Gasteiger partial charge in [-0.25, -0.2) is 0 Å². The van der Waals surface area contributed by atoms with Crippen molar-refractivity contribution in [3.05, 3.63) is 64.6 Å². The molecule has 0 aromatic heterocycles.